The van der Waals surface area contributed by atoms with E-state index >= 15 is 0 Å². The number of hydrogen-bond acceptors (Lipinski definition) is 3. The molecule has 0 atom stereocenters. The number of rotatable bonds is 5. The van der Waals surface area contributed by atoms with Crippen LogP contribution in [-0.2, 0) is 16.6 Å². The molecular weight excluding hydrogens is 290 g/mol. The molecule has 1 heterocycles. The summed E-state index contributed by atoms with van der Waals surface area (Å²) in [6, 6.07) is 1.64. The molecule has 0 saturated heterocycles. The van der Waals surface area contributed by atoms with E-state index < -0.39 is 10.0 Å². The van der Waals surface area contributed by atoms with Crippen LogP contribution < -0.4 is 5.14 Å². The van der Waals surface area contributed by atoms with Gasteiger partial charge in [0.25, 0.3) is 5.91 Å². The van der Waals surface area contributed by atoms with E-state index in [-0.39, 0.29) is 16.8 Å². The van der Waals surface area contributed by atoms with Gasteiger partial charge in [0.2, 0.25) is 10.0 Å². The minimum Gasteiger partial charge on any atom is -0.342 e. The molecule has 0 radical (unpaired) electrons. The standard InChI is InChI=1S/C14H23N3O3S/c1-3-8-17-10-12(21(15,19)20)9-13(17)14(18)16(2)11-6-4-5-7-11/h9-11H,3-8H2,1-2H3,(H2,15,19,20). The van der Waals surface area contributed by atoms with Crippen LogP contribution in [0.25, 0.3) is 0 Å². The van der Waals surface area contributed by atoms with Gasteiger partial charge in [-0.2, -0.15) is 0 Å². The normalized spacial score (nSPS) is 16.3. The molecular formula is C14H23N3O3S. The number of amides is 1. The summed E-state index contributed by atoms with van der Waals surface area (Å²) in [6.45, 7) is 2.57. The van der Waals surface area contributed by atoms with E-state index in [0.29, 0.717) is 12.2 Å². The number of aromatic nitrogens is 1. The van der Waals surface area contributed by atoms with E-state index in [1.54, 1.807) is 16.5 Å². The highest BCUT2D eigenvalue weighted by atomic mass is 32.2. The molecule has 1 aromatic heterocycles. The average molecular weight is 313 g/mol. The molecule has 2 rings (SSSR count). The number of sulfonamides is 1. The maximum absolute atomic E-state index is 12.6. The van der Waals surface area contributed by atoms with Crippen LogP contribution in [0.15, 0.2) is 17.2 Å². The van der Waals surface area contributed by atoms with Crippen molar-refractivity contribution in [3.05, 3.63) is 18.0 Å². The van der Waals surface area contributed by atoms with Crippen molar-refractivity contribution in [2.75, 3.05) is 7.05 Å². The molecule has 0 unspecified atom stereocenters. The molecule has 118 valence electrons. The predicted molar refractivity (Wildman–Crippen MR) is 80.4 cm³/mol. The van der Waals surface area contributed by atoms with Crippen molar-refractivity contribution in [2.24, 2.45) is 5.14 Å². The molecule has 1 fully saturated rings. The van der Waals surface area contributed by atoms with Crippen LogP contribution in [0.5, 0.6) is 0 Å². The largest absolute Gasteiger partial charge is 0.342 e. The lowest BCUT2D eigenvalue weighted by Gasteiger charge is -2.24. The Bertz CT molecular complexity index is 615. The molecule has 6 nitrogen and oxygen atoms in total. The van der Waals surface area contributed by atoms with E-state index in [4.69, 9.17) is 5.14 Å². The van der Waals surface area contributed by atoms with Crippen LogP contribution in [0.2, 0.25) is 0 Å². The monoisotopic (exact) mass is 313 g/mol. The van der Waals surface area contributed by atoms with Gasteiger partial charge in [-0.1, -0.05) is 19.8 Å². The van der Waals surface area contributed by atoms with Crippen molar-refractivity contribution in [3.8, 4) is 0 Å². The van der Waals surface area contributed by atoms with Crippen molar-refractivity contribution in [3.63, 3.8) is 0 Å². The third-order valence-electron chi connectivity index (χ3n) is 4.08. The molecule has 1 aromatic rings. The molecule has 0 aromatic carbocycles. The van der Waals surface area contributed by atoms with Crippen molar-refractivity contribution in [1.29, 1.82) is 0 Å². The van der Waals surface area contributed by atoms with Gasteiger partial charge in [-0.05, 0) is 25.3 Å². The summed E-state index contributed by atoms with van der Waals surface area (Å²) in [5.74, 6) is -0.134. The Kier molecular flexibility index (Phi) is 4.73. The quantitative estimate of drug-likeness (QED) is 0.895. The maximum atomic E-state index is 12.6. The highest BCUT2D eigenvalue weighted by Gasteiger charge is 2.27. The molecule has 1 saturated carbocycles. The first-order chi connectivity index (χ1) is 9.84. The van der Waals surface area contributed by atoms with Crippen molar-refractivity contribution in [2.45, 2.75) is 56.5 Å². The lowest BCUT2D eigenvalue weighted by molar-refractivity contribution is 0.0724. The maximum Gasteiger partial charge on any atom is 0.270 e. The van der Waals surface area contributed by atoms with Gasteiger partial charge >= 0.3 is 0 Å². The van der Waals surface area contributed by atoms with Gasteiger partial charge in [-0.3, -0.25) is 4.79 Å². The van der Waals surface area contributed by atoms with E-state index in [1.807, 2.05) is 6.92 Å². The van der Waals surface area contributed by atoms with Crippen molar-refractivity contribution < 1.29 is 13.2 Å². The van der Waals surface area contributed by atoms with Gasteiger partial charge in [0, 0.05) is 25.8 Å². The van der Waals surface area contributed by atoms with Crippen LogP contribution in [0.4, 0.5) is 0 Å². The summed E-state index contributed by atoms with van der Waals surface area (Å²) in [7, 11) is -2.00. The third kappa shape index (κ3) is 3.47. The minimum atomic E-state index is -3.79. The molecule has 1 aliphatic rings. The second kappa shape index (κ2) is 6.19. The Morgan fingerprint density at radius 1 is 1.43 bits per heavy atom. The first-order valence-electron chi connectivity index (χ1n) is 7.34. The third-order valence-corrected chi connectivity index (χ3v) is 4.96. The molecule has 21 heavy (non-hydrogen) atoms. The van der Waals surface area contributed by atoms with E-state index in [0.717, 1.165) is 32.1 Å². The highest BCUT2D eigenvalue weighted by molar-refractivity contribution is 7.89. The second-order valence-corrected chi connectivity index (χ2v) is 7.22. The topological polar surface area (TPSA) is 85.4 Å². The Morgan fingerprint density at radius 3 is 2.57 bits per heavy atom. The van der Waals surface area contributed by atoms with E-state index in [2.05, 4.69) is 0 Å². The Morgan fingerprint density at radius 2 is 2.05 bits per heavy atom. The zero-order chi connectivity index (χ0) is 15.6. The second-order valence-electron chi connectivity index (χ2n) is 5.65. The molecule has 1 amide bonds. The number of hydrogen-bond donors (Lipinski definition) is 1. The molecule has 7 heteroatoms. The number of nitrogens with two attached hydrogens (primary N) is 1. The fourth-order valence-corrected chi connectivity index (χ4v) is 3.43. The van der Waals surface area contributed by atoms with Crippen LogP contribution >= 0.6 is 0 Å². The SMILES string of the molecule is CCCn1cc(S(N)(=O)=O)cc1C(=O)N(C)C1CCCC1. The fraction of sp³-hybridized carbons (Fsp3) is 0.643. The highest BCUT2D eigenvalue weighted by Crippen LogP contribution is 2.24. The molecule has 0 spiro atoms. The first-order valence-corrected chi connectivity index (χ1v) is 8.89. The van der Waals surface area contributed by atoms with Gasteiger partial charge < -0.3 is 9.47 Å². The number of aryl methyl sites for hydroxylation is 1. The Hall–Kier alpha value is -1.34. The zero-order valence-electron chi connectivity index (χ0n) is 12.6. The van der Waals surface area contributed by atoms with E-state index in [1.165, 1.54) is 12.3 Å². The number of carbonyl (C=O) groups excluding carboxylic acids is 1. The summed E-state index contributed by atoms with van der Waals surface area (Å²) in [5.41, 5.74) is 0.398. The number of primary sulfonamides is 1. The Labute approximate surface area is 126 Å². The van der Waals surface area contributed by atoms with Gasteiger partial charge in [0.15, 0.2) is 0 Å². The average Bonchev–Trinajstić information content (AvgIpc) is 3.05. The zero-order valence-corrected chi connectivity index (χ0v) is 13.4. The summed E-state index contributed by atoms with van der Waals surface area (Å²) >= 11 is 0. The van der Waals surface area contributed by atoms with Gasteiger partial charge in [0.1, 0.15) is 10.6 Å². The first kappa shape index (κ1) is 16.0. The van der Waals surface area contributed by atoms with Crippen LogP contribution in [0, 0.1) is 0 Å². The fourth-order valence-electron chi connectivity index (χ4n) is 2.88. The Balaban J connectivity index is 2.32. The summed E-state index contributed by atoms with van der Waals surface area (Å²) < 4.78 is 24.7. The van der Waals surface area contributed by atoms with E-state index in [9.17, 15) is 13.2 Å². The predicted octanol–water partition coefficient (Wildman–Crippen LogP) is 1.56. The molecule has 0 aliphatic heterocycles. The van der Waals surface area contributed by atoms with Gasteiger partial charge in [-0.25, -0.2) is 13.6 Å². The molecule has 1 aliphatic carbocycles. The number of nitrogens with zero attached hydrogens (tertiary/aromatic N) is 2. The van der Waals surface area contributed by atoms with Crippen LogP contribution in [0.1, 0.15) is 49.5 Å². The number of carbonyl (C=O) groups is 1. The molecule has 2 N–H and O–H groups in total. The smallest absolute Gasteiger partial charge is 0.270 e. The summed E-state index contributed by atoms with van der Waals surface area (Å²) in [6.07, 6.45) is 6.57. The lowest BCUT2D eigenvalue weighted by atomic mass is 10.2. The van der Waals surface area contributed by atoms with Crippen LogP contribution in [-0.4, -0.2) is 36.9 Å². The summed E-state index contributed by atoms with van der Waals surface area (Å²) in [4.78, 5) is 14.4. The molecule has 0 bridgehead atoms. The van der Waals surface area contributed by atoms with Crippen molar-refractivity contribution >= 4 is 15.9 Å². The van der Waals surface area contributed by atoms with Gasteiger partial charge in [-0.15, -0.1) is 0 Å². The minimum absolute atomic E-state index is 0.000813. The lowest BCUT2D eigenvalue weighted by Crippen LogP contribution is -2.36. The van der Waals surface area contributed by atoms with Gasteiger partial charge in [0.05, 0.1) is 0 Å². The van der Waals surface area contributed by atoms with Crippen LogP contribution in [0.3, 0.4) is 0 Å². The summed E-state index contributed by atoms with van der Waals surface area (Å²) in [5, 5.41) is 5.17. The van der Waals surface area contributed by atoms with Crippen molar-refractivity contribution in [1.82, 2.24) is 9.47 Å².